The predicted octanol–water partition coefficient (Wildman–Crippen LogP) is 3.59. The van der Waals surface area contributed by atoms with Crippen LogP contribution in [0.2, 0.25) is 0 Å². The van der Waals surface area contributed by atoms with Gasteiger partial charge in [-0.2, -0.15) is 0 Å². The lowest BCUT2D eigenvalue weighted by Gasteiger charge is -2.32. The van der Waals surface area contributed by atoms with Crippen LogP contribution in [0.15, 0.2) is 54.6 Å². The minimum Gasteiger partial charge on any atom is -0.334 e. The van der Waals surface area contributed by atoms with E-state index in [1.54, 1.807) is 12.1 Å². The summed E-state index contributed by atoms with van der Waals surface area (Å²) in [4.78, 5) is 15.1. The fraction of sp³-hybridized carbons (Fsp3) is 0.409. The normalized spacial score (nSPS) is 15.1. The maximum atomic E-state index is 13.3. The number of hydrogen-bond acceptors (Lipinski definition) is 3. The number of nitrogens with zero attached hydrogens (tertiary/aromatic N) is 2. The van der Waals surface area contributed by atoms with Crippen molar-refractivity contribution in [2.45, 2.75) is 39.3 Å². The van der Waals surface area contributed by atoms with Crippen molar-refractivity contribution in [2.24, 2.45) is 5.92 Å². The van der Waals surface area contributed by atoms with Gasteiger partial charge >= 0.3 is 0 Å². The number of anilines is 1. The molecule has 1 atom stereocenters. The van der Waals surface area contributed by atoms with Gasteiger partial charge in [0.05, 0.1) is 11.9 Å². The van der Waals surface area contributed by atoms with Crippen LogP contribution < -0.4 is 4.31 Å². The van der Waals surface area contributed by atoms with Crippen LogP contribution in [0.25, 0.3) is 0 Å². The van der Waals surface area contributed by atoms with E-state index >= 15 is 0 Å². The zero-order valence-electron chi connectivity index (χ0n) is 16.7. The minimum atomic E-state index is -3.59. The maximum Gasteiger partial charge on any atom is 0.243 e. The third kappa shape index (κ3) is 4.93. The van der Waals surface area contributed by atoms with Crippen LogP contribution in [0.4, 0.5) is 5.69 Å². The van der Waals surface area contributed by atoms with Gasteiger partial charge in [0.2, 0.25) is 15.9 Å². The molecule has 1 aliphatic carbocycles. The van der Waals surface area contributed by atoms with Crippen molar-refractivity contribution in [3.05, 3.63) is 65.7 Å². The molecule has 1 aliphatic rings. The highest BCUT2D eigenvalue weighted by molar-refractivity contribution is 7.92. The van der Waals surface area contributed by atoms with Crippen LogP contribution in [-0.4, -0.2) is 38.1 Å². The van der Waals surface area contributed by atoms with E-state index in [4.69, 9.17) is 0 Å². The molecule has 0 aliphatic heterocycles. The van der Waals surface area contributed by atoms with Crippen molar-refractivity contribution in [1.29, 1.82) is 0 Å². The SMILES string of the molecule is Cc1ccccc1N(CC(=O)N(Cc1ccccc1)C(C)C1CC1)S(C)(=O)=O. The van der Waals surface area contributed by atoms with Gasteiger partial charge in [-0.15, -0.1) is 0 Å². The molecule has 0 bridgehead atoms. The Balaban J connectivity index is 1.87. The number of rotatable bonds is 8. The molecule has 0 saturated heterocycles. The Hall–Kier alpha value is -2.34. The fourth-order valence-electron chi connectivity index (χ4n) is 3.51. The van der Waals surface area contributed by atoms with Gasteiger partial charge in [0, 0.05) is 12.6 Å². The molecule has 5 nitrogen and oxygen atoms in total. The Morgan fingerprint density at radius 2 is 1.68 bits per heavy atom. The molecule has 0 radical (unpaired) electrons. The molecule has 28 heavy (non-hydrogen) atoms. The number of hydrogen-bond donors (Lipinski definition) is 0. The quantitative estimate of drug-likeness (QED) is 0.680. The third-order valence-electron chi connectivity index (χ3n) is 5.38. The third-order valence-corrected chi connectivity index (χ3v) is 6.50. The van der Waals surface area contributed by atoms with Crippen LogP contribution >= 0.6 is 0 Å². The lowest BCUT2D eigenvalue weighted by molar-refractivity contribution is -0.132. The molecule has 1 fully saturated rings. The molecule has 150 valence electrons. The van der Waals surface area contributed by atoms with Gasteiger partial charge < -0.3 is 4.90 Å². The molecule has 6 heteroatoms. The van der Waals surface area contributed by atoms with Crippen molar-refractivity contribution in [3.8, 4) is 0 Å². The summed E-state index contributed by atoms with van der Waals surface area (Å²) in [6, 6.07) is 17.2. The topological polar surface area (TPSA) is 57.7 Å². The van der Waals surface area contributed by atoms with Crippen molar-refractivity contribution in [3.63, 3.8) is 0 Å². The van der Waals surface area contributed by atoms with Crippen molar-refractivity contribution >= 4 is 21.6 Å². The van der Waals surface area contributed by atoms with Gasteiger partial charge in [-0.25, -0.2) is 8.42 Å². The summed E-state index contributed by atoms with van der Waals surface area (Å²) in [5.74, 6) is 0.328. The molecule has 0 spiro atoms. The molecule has 2 aromatic rings. The molecule has 0 N–H and O–H groups in total. The highest BCUT2D eigenvalue weighted by Gasteiger charge is 2.35. The van der Waals surface area contributed by atoms with Gasteiger partial charge in [0.1, 0.15) is 6.54 Å². The smallest absolute Gasteiger partial charge is 0.243 e. The molecule has 1 unspecified atom stereocenters. The zero-order valence-corrected chi connectivity index (χ0v) is 17.5. The van der Waals surface area contributed by atoms with Crippen LogP contribution in [-0.2, 0) is 21.4 Å². The van der Waals surface area contributed by atoms with E-state index in [2.05, 4.69) is 6.92 Å². The number of para-hydroxylation sites is 1. The lowest BCUT2D eigenvalue weighted by atomic mass is 10.1. The Morgan fingerprint density at radius 1 is 1.07 bits per heavy atom. The highest BCUT2D eigenvalue weighted by atomic mass is 32.2. The maximum absolute atomic E-state index is 13.3. The number of carbonyl (C=O) groups is 1. The zero-order chi connectivity index (χ0) is 20.3. The summed E-state index contributed by atoms with van der Waals surface area (Å²) in [6.45, 7) is 4.22. The molecule has 0 heterocycles. The van der Waals surface area contributed by atoms with E-state index in [9.17, 15) is 13.2 Å². The Morgan fingerprint density at radius 3 is 2.25 bits per heavy atom. The van der Waals surface area contributed by atoms with E-state index < -0.39 is 10.0 Å². The summed E-state index contributed by atoms with van der Waals surface area (Å²) in [5, 5.41) is 0. The van der Waals surface area contributed by atoms with Crippen molar-refractivity contribution in [1.82, 2.24) is 4.90 Å². The average Bonchev–Trinajstić information content (AvgIpc) is 3.49. The summed E-state index contributed by atoms with van der Waals surface area (Å²) in [6.07, 6.45) is 3.39. The van der Waals surface area contributed by atoms with Crippen molar-refractivity contribution < 1.29 is 13.2 Å². The lowest BCUT2D eigenvalue weighted by Crippen LogP contribution is -2.46. The van der Waals surface area contributed by atoms with E-state index in [0.29, 0.717) is 18.2 Å². The first-order valence-corrected chi connectivity index (χ1v) is 11.5. The Kier molecular flexibility index (Phi) is 6.08. The number of benzene rings is 2. The molecule has 3 rings (SSSR count). The second-order valence-electron chi connectivity index (χ2n) is 7.64. The van der Waals surface area contributed by atoms with Gasteiger partial charge in [0.15, 0.2) is 0 Å². The van der Waals surface area contributed by atoms with E-state index in [-0.39, 0.29) is 18.5 Å². The highest BCUT2D eigenvalue weighted by Crippen LogP contribution is 2.36. The second kappa shape index (κ2) is 8.35. The number of amides is 1. The number of sulfonamides is 1. The minimum absolute atomic E-state index is 0.0889. The second-order valence-corrected chi connectivity index (χ2v) is 9.55. The van der Waals surface area contributed by atoms with E-state index in [1.165, 1.54) is 4.31 Å². The van der Waals surface area contributed by atoms with E-state index in [1.807, 2.05) is 54.3 Å². The van der Waals surface area contributed by atoms with Gasteiger partial charge in [-0.3, -0.25) is 9.10 Å². The first-order chi connectivity index (χ1) is 13.3. The molecule has 1 amide bonds. The summed E-state index contributed by atoms with van der Waals surface area (Å²) >= 11 is 0. The first kappa shape index (κ1) is 20.4. The summed E-state index contributed by atoms with van der Waals surface area (Å²) in [5.41, 5.74) is 2.42. The van der Waals surface area contributed by atoms with Crippen LogP contribution in [0, 0.1) is 12.8 Å². The first-order valence-electron chi connectivity index (χ1n) is 9.64. The standard InChI is InChI=1S/C22H28N2O3S/c1-17-9-7-8-12-21(17)24(28(3,26)27)16-22(25)23(18(2)20-13-14-20)15-19-10-5-4-6-11-19/h4-12,18,20H,13-16H2,1-3H3. The number of aryl methyl sites for hydroxylation is 1. The van der Waals surface area contributed by atoms with Gasteiger partial charge in [-0.1, -0.05) is 48.5 Å². The predicted molar refractivity (Wildman–Crippen MR) is 113 cm³/mol. The Labute approximate surface area is 168 Å². The summed E-state index contributed by atoms with van der Waals surface area (Å²) < 4.78 is 26.2. The van der Waals surface area contributed by atoms with E-state index in [0.717, 1.165) is 30.2 Å². The molecule has 2 aromatic carbocycles. The fourth-order valence-corrected chi connectivity index (χ4v) is 4.42. The van der Waals surface area contributed by atoms with Gasteiger partial charge in [-0.05, 0) is 49.8 Å². The molecular formula is C22H28N2O3S. The average molecular weight is 401 g/mol. The molecule has 0 aromatic heterocycles. The van der Waals surface area contributed by atoms with Crippen LogP contribution in [0.1, 0.15) is 30.9 Å². The number of carbonyl (C=O) groups excluding carboxylic acids is 1. The largest absolute Gasteiger partial charge is 0.334 e. The van der Waals surface area contributed by atoms with Crippen LogP contribution in [0.5, 0.6) is 0 Å². The monoisotopic (exact) mass is 400 g/mol. The van der Waals surface area contributed by atoms with Crippen LogP contribution in [0.3, 0.4) is 0 Å². The Bertz CT molecular complexity index is 924. The molecular weight excluding hydrogens is 372 g/mol. The van der Waals surface area contributed by atoms with Gasteiger partial charge in [0.25, 0.3) is 0 Å². The van der Waals surface area contributed by atoms with Crippen molar-refractivity contribution in [2.75, 3.05) is 17.1 Å². The summed E-state index contributed by atoms with van der Waals surface area (Å²) in [7, 11) is -3.59. The molecule has 1 saturated carbocycles.